The summed E-state index contributed by atoms with van der Waals surface area (Å²) in [5.74, 6) is 2.60. The van der Waals surface area contributed by atoms with Crippen molar-refractivity contribution >= 4 is 45.1 Å². The molecule has 0 saturated heterocycles. The first kappa shape index (κ1) is 20.2. The van der Waals surface area contributed by atoms with Crippen LogP contribution >= 0.6 is 33.2 Å². The second-order valence-corrected chi connectivity index (χ2v) is 8.67. The van der Waals surface area contributed by atoms with Gasteiger partial charge in [-0.25, -0.2) is 14.8 Å². The van der Waals surface area contributed by atoms with Gasteiger partial charge in [-0.1, -0.05) is 33.2 Å². The van der Waals surface area contributed by atoms with Gasteiger partial charge in [0.25, 0.3) is 0 Å². The molecule has 0 aliphatic rings. The van der Waals surface area contributed by atoms with E-state index in [0.717, 1.165) is 30.3 Å². The summed E-state index contributed by atoms with van der Waals surface area (Å²) in [6, 6.07) is 1.70. The molecule has 1 aromatic rings. The summed E-state index contributed by atoms with van der Waals surface area (Å²) in [5, 5.41) is 6.36. The minimum Gasteiger partial charge on any atom is -0.444 e. The lowest BCUT2D eigenvalue weighted by Crippen LogP contribution is -2.33. The van der Waals surface area contributed by atoms with Crippen LogP contribution in [-0.4, -0.2) is 46.3 Å². The number of nitrogens with one attached hydrogen (secondary N) is 2. The fourth-order valence-corrected chi connectivity index (χ4v) is 3.55. The number of hydrogen-bond acceptors (Lipinski definition) is 7. The van der Waals surface area contributed by atoms with E-state index >= 15 is 0 Å². The number of ether oxygens (including phenoxy) is 1. The second-order valence-electron chi connectivity index (χ2n) is 5.58. The topological polar surface area (TPSA) is 76.1 Å². The summed E-state index contributed by atoms with van der Waals surface area (Å²) in [6.07, 6.45) is 2.09. The molecule has 0 bridgehead atoms. The zero-order valence-corrected chi connectivity index (χ0v) is 16.0. The number of halogens is 1. The SMILES string of the molecule is CC(C)(C)OC(=O)NCCSSCCCNc1cc(Cl)ncn1. The van der Waals surface area contributed by atoms with Gasteiger partial charge >= 0.3 is 6.09 Å². The van der Waals surface area contributed by atoms with Crippen molar-refractivity contribution in [1.82, 2.24) is 15.3 Å². The highest BCUT2D eigenvalue weighted by Crippen LogP contribution is 2.21. The van der Waals surface area contributed by atoms with Crippen LogP contribution in [0.25, 0.3) is 0 Å². The van der Waals surface area contributed by atoms with Crippen molar-refractivity contribution in [3.63, 3.8) is 0 Å². The summed E-state index contributed by atoms with van der Waals surface area (Å²) in [7, 11) is 3.52. The van der Waals surface area contributed by atoms with Crippen molar-refractivity contribution in [3.8, 4) is 0 Å². The van der Waals surface area contributed by atoms with E-state index in [1.165, 1.54) is 6.33 Å². The summed E-state index contributed by atoms with van der Waals surface area (Å²) in [6.45, 7) is 6.98. The first-order valence-electron chi connectivity index (χ1n) is 7.29. The molecule has 0 atom stereocenters. The van der Waals surface area contributed by atoms with Gasteiger partial charge in [0.1, 0.15) is 22.9 Å². The molecule has 1 amide bonds. The van der Waals surface area contributed by atoms with Gasteiger partial charge in [-0.05, 0) is 27.2 Å². The van der Waals surface area contributed by atoms with Gasteiger partial charge in [0.05, 0.1) is 0 Å². The summed E-state index contributed by atoms with van der Waals surface area (Å²) in [5.41, 5.74) is -0.452. The van der Waals surface area contributed by atoms with Crippen molar-refractivity contribution in [2.75, 3.05) is 29.9 Å². The molecule has 23 heavy (non-hydrogen) atoms. The first-order chi connectivity index (χ1) is 10.9. The average molecular weight is 379 g/mol. The molecular weight excluding hydrogens is 356 g/mol. The Bertz CT molecular complexity index is 486. The van der Waals surface area contributed by atoms with Gasteiger partial charge < -0.3 is 15.4 Å². The first-order valence-corrected chi connectivity index (χ1v) is 10.2. The predicted octanol–water partition coefficient (Wildman–Crippen LogP) is 3.84. The van der Waals surface area contributed by atoms with Gasteiger partial charge in [0, 0.05) is 30.7 Å². The van der Waals surface area contributed by atoms with Crippen LogP contribution in [0.2, 0.25) is 5.15 Å². The second kappa shape index (κ2) is 10.8. The Morgan fingerprint density at radius 3 is 2.70 bits per heavy atom. The maximum absolute atomic E-state index is 11.4. The van der Waals surface area contributed by atoms with E-state index < -0.39 is 5.60 Å². The number of amides is 1. The Morgan fingerprint density at radius 1 is 1.26 bits per heavy atom. The Hall–Kier alpha value is -0.860. The normalized spacial score (nSPS) is 11.1. The van der Waals surface area contributed by atoms with E-state index in [9.17, 15) is 4.79 Å². The lowest BCUT2D eigenvalue weighted by molar-refractivity contribution is 0.0531. The fraction of sp³-hybridized carbons (Fsp3) is 0.643. The number of hydrogen-bond donors (Lipinski definition) is 2. The zero-order chi connectivity index (χ0) is 17.1. The molecule has 0 radical (unpaired) electrons. The molecule has 0 unspecified atom stereocenters. The monoisotopic (exact) mass is 378 g/mol. The lowest BCUT2D eigenvalue weighted by Gasteiger charge is -2.19. The van der Waals surface area contributed by atoms with Gasteiger partial charge in [-0.2, -0.15) is 0 Å². The molecular formula is C14H23ClN4O2S2. The molecule has 0 aliphatic heterocycles. The van der Waals surface area contributed by atoms with Crippen LogP contribution in [0.5, 0.6) is 0 Å². The molecule has 0 aromatic carbocycles. The van der Waals surface area contributed by atoms with Gasteiger partial charge in [0.15, 0.2) is 0 Å². The van der Waals surface area contributed by atoms with E-state index in [1.54, 1.807) is 27.7 Å². The van der Waals surface area contributed by atoms with Crippen molar-refractivity contribution < 1.29 is 9.53 Å². The maximum Gasteiger partial charge on any atom is 0.407 e. The van der Waals surface area contributed by atoms with Crippen LogP contribution in [0.15, 0.2) is 12.4 Å². The molecule has 9 heteroatoms. The third-order valence-corrected chi connectivity index (χ3v) is 4.98. The van der Waals surface area contributed by atoms with Crippen LogP contribution < -0.4 is 10.6 Å². The van der Waals surface area contributed by atoms with Crippen LogP contribution in [0.3, 0.4) is 0 Å². The van der Waals surface area contributed by atoms with Crippen molar-refractivity contribution in [1.29, 1.82) is 0 Å². The van der Waals surface area contributed by atoms with E-state index in [0.29, 0.717) is 11.7 Å². The number of alkyl carbamates (subject to hydrolysis) is 1. The van der Waals surface area contributed by atoms with Crippen LogP contribution in [0.1, 0.15) is 27.2 Å². The van der Waals surface area contributed by atoms with Crippen molar-refractivity contribution in [3.05, 3.63) is 17.5 Å². The van der Waals surface area contributed by atoms with Gasteiger partial charge in [0.2, 0.25) is 0 Å². The summed E-state index contributed by atoms with van der Waals surface area (Å²) in [4.78, 5) is 19.3. The van der Waals surface area contributed by atoms with Crippen molar-refractivity contribution in [2.45, 2.75) is 32.8 Å². The number of nitrogens with zero attached hydrogens (tertiary/aromatic N) is 2. The molecule has 0 fully saturated rings. The van der Waals surface area contributed by atoms with Crippen LogP contribution in [0, 0.1) is 0 Å². The van der Waals surface area contributed by atoms with E-state index in [2.05, 4.69) is 20.6 Å². The van der Waals surface area contributed by atoms with Crippen LogP contribution in [-0.2, 0) is 4.74 Å². The summed E-state index contributed by atoms with van der Waals surface area (Å²) < 4.78 is 5.15. The average Bonchev–Trinajstić information content (AvgIpc) is 2.43. The molecule has 6 nitrogen and oxygen atoms in total. The highest BCUT2D eigenvalue weighted by Gasteiger charge is 2.15. The predicted molar refractivity (Wildman–Crippen MR) is 99.3 cm³/mol. The number of rotatable bonds is 9. The third-order valence-electron chi connectivity index (χ3n) is 2.28. The fourth-order valence-electron chi connectivity index (χ4n) is 1.40. The minimum atomic E-state index is -0.452. The van der Waals surface area contributed by atoms with Gasteiger partial charge in [-0.3, -0.25) is 0 Å². The molecule has 1 rings (SSSR count). The molecule has 1 aromatic heterocycles. The smallest absolute Gasteiger partial charge is 0.407 e. The molecule has 130 valence electrons. The van der Waals surface area contributed by atoms with E-state index in [4.69, 9.17) is 16.3 Å². The number of aromatic nitrogens is 2. The molecule has 0 saturated carbocycles. The number of carbonyl (C=O) groups is 1. The quantitative estimate of drug-likeness (QED) is 0.384. The maximum atomic E-state index is 11.4. The van der Waals surface area contributed by atoms with E-state index in [-0.39, 0.29) is 6.09 Å². The Kier molecular flexibility index (Phi) is 9.50. The number of carbonyl (C=O) groups excluding carboxylic acids is 1. The highest BCUT2D eigenvalue weighted by atomic mass is 35.5. The molecule has 0 spiro atoms. The standard InChI is InChI=1S/C14H23ClN4O2S2/c1-14(2,3)21-13(20)17-6-8-23-22-7-4-5-16-12-9-11(15)18-10-19-12/h9-10H,4-8H2,1-3H3,(H,17,20)(H,16,18,19). The third kappa shape index (κ3) is 11.3. The summed E-state index contributed by atoms with van der Waals surface area (Å²) >= 11 is 5.78. The minimum absolute atomic E-state index is 0.365. The van der Waals surface area contributed by atoms with Crippen LogP contribution in [0.4, 0.5) is 10.6 Å². The van der Waals surface area contributed by atoms with E-state index in [1.807, 2.05) is 20.8 Å². The highest BCUT2D eigenvalue weighted by molar-refractivity contribution is 8.76. The molecule has 2 N–H and O–H groups in total. The zero-order valence-electron chi connectivity index (χ0n) is 13.6. The number of anilines is 1. The largest absolute Gasteiger partial charge is 0.444 e. The lowest BCUT2D eigenvalue weighted by atomic mass is 10.2. The molecule has 0 aliphatic carbocycles. The Morgan fingerprint density at radius 2 is 2.00 bits per heavy atom. The van der Waals surface area contributed by atoms with Gasteiger partial charge in [-0.15, -0.1) is 0 Å². The van der Waals surface area contributed by atoms with Crippen molar-refractivity contribution in [2.24, 2.45) is 0 Å². The molecule has 1 heterocycles. The Labute approximate surface area is 150 Å². The Balaban J connectivity index is 1.93.